The van der Waals surface area contributed by atoms with Crippen LogP contribution in [0.2, 0.25) is 0 Å². The number of benzene rings is 1. The summed E-state index contributed by atoms with van der Waals surface area (Å²) < 4.78 is 0. The first kappa shape index (κ1) is 16.5. The third-order valence-corrected chi connectivity index (χ3v) is 4.55. The predicted molar refractivity (Wildman–Crippen MR) is 91.5 cm³/mol. The highest BCUT2D eigenvalue weighted by molar-refractivity contribution is 5.91. The first-order chi connectivity index (χ1) is 11.7. The molecule has 2 N–H and O–H groups in total. The summed E-state index contributed by atoms with van der Waals surface area (Å²) in [5, 5.41) is 20.4. The third-order valence-electron chi connectivity index (χ3n) is 4.55. The van der Waals surface area contributed by atoms with Crippen LogP contribution in [0.4, 0.5) is 5.82 Å². The molecule has 1 unspecified atom stereocenters. The van der Waals surface area contributed by atoms with E-state index in [0.29, 0.717) is 12.4 Å². The van der Waals surface area contributed by atoms with Crippen molar-refractivity contribution in [1.29, 1.82) is 0 Å². The van der Waals surface area contributed by atoms with Crippen LogP contribution in [-0.2, 0) is 10.2 Å². The number of aromatic nitrogens is 2. The molecule has 1 aromatic carbocycles. The highest BCUT2D eigenvalue weighted by Gasteiger charge is 2.36. The number of aliphatic hydroxyl groups excluding tert-OH is 1. The molecule has 1 aliphatic rings. The van der Waals surface area contributed by atoms with Crippen LogP contribution in [0.3, 0.4) is 0 Å². The largest absolute Gasteiger partial charge is 0.395 e. The third kappa shape index (κ3) is 3.77. The summed E-state index contributed by atoms with van der Waals surface area (Å²) in [5.41, 5.74) is 0.832. The normalized spacial score (nSPS) is 21.4. The average molecular weight is 326 g/mol. The number of carbonyl (C=O) groups is 1. The van der Waals surface area contributed by atoms with E-state index in [2.05, 4.69) is 32.5 Å². The number of rotatable bonds is 5. The summed E-state index contributed by atoms with van der Waals surface area (Å²) in [7, 11) is 0. The standard InChI is InChI=1S/C18H22N4O2/c23-14-18(15-6-2-1-3-7-15)9-5-11-22(13-18)12-17(24)20-16-8-4-10-19-21-16/h1-4,6-8,10,23H,5,9,11-14H2,(H,20,21,24). The number of aliphatic hydroxyl groups is 1. The van der Waals surface area contributed by atoms with Crippen molar-refractivity contribution in [3.05, 3.63) is 54.2 Å². The number of likely N-dealkylation sites (tertiary alicyclic amines) is 1. The molecule has 6 nitrogen and oxygen atoms in total. The molecule has 0 bridgehead atoms. The molecule has 1 aromatic heterocycles. The number of piperidine rings is 1. The van der Waals surface area contributed by atoms with Crippen LogP contribution in [0, 0.1) is 0 Å². The van der Waals surface area contributed by atoms with Crippen molar-refractivity contribution in [1.82, 2.24) is 15.1 Å². The molecule has 0 saturated carbocycles. The fourth-order valence-electron chi connectivity index (χ4n) is 3.36. The van der Waals surface area contributed by atoms with Gasteiger partial charge in [0.2, 0.25) is 5.91 Å². The maximum atomic E-state index is 12.2. The molecule has 1 atom stereocenters. The Balaban J connectivity index is 1.65. The maximum Gasteiger partial charge on any atom is 0.239 e. The van der Waals surface area contributed by atoms with Gasteiger partial charge in [0.15, 0.2) is 5.82 Å². The lowest BCUT2D eigenvalue weighted by molar-refractivity contribution is -0.118. The van der Waals surface area contributed by atoms with E-state index in [9.17, 15) is 9.90 Å². The summed E-state index contributed by atoms with van der Waals surface area (Å²) in [6.07, 6.45) is 3.44. The minimum atomic E-state index is -0.299. The minimum absolute atomic E-state index is 0.0826. The van der Waals surface area contributed by atoms with Gasteiger partial charge in [-0.1, -0.05) is 30.3 Å². The van der Waals surface area contributed by atoms with Crippen molar-refractivity contribution in [3.63, 3.8) is 0 Å². The highest BCUT2D eigenvalue weighted by atomic mass is 16.3. The van der Waals surface area contributed by atoms with Gasteiger partial charge in [-0.05, 0) is 37.1 Å². The molecule has 1 amide bonds. The van der Waals surface area contributed by atoms with Gasteiger partial charge in [-0.2, -0.15) is 5.10 Å². The lowest BCUT2D eigenvalue weighted by Gasteiger charge is -2.42. The first-order valence-electron chi connectivity index (χ1n) is 8.18. The van der Waals surface area contributed by atoms with Crippen LogP contribution in [0.15, 0.2) is 48.7 Å². The second-order valence-electron chi connectivity index (χ2n) is 6.28. The Morgan fingerprint density at radius 3 is 2.79 bits per heavy atom. The van der Waals surface area contributed by atoms with E-state index in [-0.39, 0.29) is 24.5 Å². The van der Waals surface area contributed by atoms with Gasteiger partial charge in [0.05, 0.1) is 13.2 Å². The van der Waals surface area contributed by atoms with Gasteiger partial charge in [-0.15, -0.1) is 5.10 Å². The van der Waals surface area contributed by atoms with E-state index >= 15 is 0 Å². The Labute approximate surface area is 141 Å². The average Bonchev–Trinajstić information content (AvgIpc) is 2.63. The van der Waals surface area contributed by atoms with E-state index in [4.69, 9.17) is 0 Å². The van der Waals surface area contributed by atoms with E-state index in [0.717, 1.165) is 24.9 Å². The van der Waals surface area contributed by atoms with E-state index < -0.39 is 0 Å². The fourth-order valence-corrected chi connectivity index (χ4v) is 3.36. The Morgan fingerprint density at radius 2 is 2.08 bits per heavy atom. The summed E-state index contributed by atoms with van der Waals surface area (Å²) in [6, 6.07) is 13.5. The van der Waals surface area contributed by atoms with Crippen LogP contribution in [0.25, 0.3) is 0 Å². The van der Waals surface area contributed by atoms with Crippen LogP contribution in [-0.4, -0.2) is 52.4 Å². The summed E-state index contributed by atoms with van der Waals surface area (Å²) >= 11 is 0. The molecular weight excluding hydrogens is 304 g/mol. The first-order valence-corrected chi connectivity index (χ1v) is 8.18. The predicted octanol–water partition coefficient (Wildman–Crippen LogP) is 1.44. The molecule has 126 valence electrons. The second kappa shape index (κ2) is 7.51. The van der Waals surface area contributed by atoms with Crippen molar-refractivity contribution in [2.75, 3.05) is 31.6 Å². The smallest absolute Gasteiger partial charge is 0.239 e. The number of anilines is 1. The molecule has 0 radical (unpaired) electrons. The highest BCUT2D eigenvalue weighted by Crippen LogP contribution is 2.33. The molecule has 2 heterocycles. The molecule has 1 aliphatic heterocycles. The Kier molecular flexibility index (Phi) is 5.17. The number of hydrogen-bond donors (Lipinski definition) is 2. The molecule has 0 aliphatic carbocycles. The molecule has 3 rings (SSSR count). The maximum absolute atomic E-state index is 12.2. The van der Waals surface area contributed by atoms with E-state index in [1.54, 1.807) is 18.3 Å². The number of nitrogens with zero attached hydrogens (tertiary/aromatic N) is 3. The van der Waals surface area contributed by atoms with Crippen molar-refractivity contribution in [2.45, 2.75) is 18.3 Å². The van der Waals surface area contributed by atoms with Gasteiger partial charge >= 0.3 is 0 Å². The lowest BCUT2D eigenvalue weighted by Crippen LogP contribution is -2.50. The van der Waals surface area contributed by atoms with Gasteiger partial charge in [-0.3, -0.25) is 9.69 Å². The van der Waals surface area contributed by atoms with Gasteiger partial charge in [0.25, 0.3) is 0 Å². The van der Waals surface area contributed by atoms with Gasteiger partial charge in [-0.25, -0.2) is 0 Å². The fraction of sp³-hybridized carbons (Fsp3) is 0.389. The van der Waals surface area contributed by atoms with Crippen molar-refractivity contribution in [3.8, 4) is 0 Å². The molecule has 1 saturated heterocycles. The van der Waals surface area contributed by atoms with Crippen molar-refractivity contribution < 1.29 is 9.90 Å². The lowest BCUT2D eigenvalue weighted by atomic mass is 9.75. The Morgan fingerprint density at radius 1 is 1.25 bits per heavy atom. The van der Waals surface area contributed by atoms with Gasteiger partial charge in [0, 0.05) is 18.2 Å². The summed E-state index contributed by atoms with van der Waals surface area (Å²) in [5.74, 6) is 0.341. The molecule has 24 heavy (non-hydrogen) atoms. The minimum Gasteiger partial charge on any atom is -0.395 e. The topological polar surface area (TPSA) is 78.4 Å². The molecule has 1 fully saturated rings. The number of nitrogens with one attached hydrogen (secondary N) is 1. The van der Waals surface area contributed by atoms with E-state index in [1.807, 2.05) is 18.2 Å². The number of carbonyl (C=O) groups excluding carboxylic acids is 1. The molecule has 0 spiro atoms. The van der Waals surface area contributed by atoms with Crippen molar-refractivity contribution in [2.24, 2.45) is 0 Å². The van der Waals surface area contributed by atoms with Crippen molar-refractivity contribution >= 4 is 11.7 Å². The van der Waals surface area contributed by atoms with Gasteiger partial charge < -0.3 is 10.4 Å². The van der Waals surface area contributed by atoms with E-state index in [1.165, 1.54) is 0 Å². The molecule has 2 aromatic rings. The second-order valence-corrected chi connectivity index (χ2v) is 6.28. The monoisotopic (exact) mass is 326 g/mol. The van der Waals surface area contributed by atoms with Gasteiger partial charge in [0.1, 0.15) is 0 Å². The summed E-state index contributed by atoms with van der Waals surface area (Å²) in [4.78, 5) is 14.3. The zero-order chi connectivity index (χ0) is 16.8. The SMILES string of the molecule is O=C(CN1CCCC(CO)(c2ccccc2)C1)Nc1cccnn1. The number of hydrogen-bond acceptors (Lipinski definition) is 5. The molecular formula is C18H22N4O2. The Bertz CT molecular complexity index is 665. The molecule has 6 heteroatoms. The number of amides is 1. The quantitative estimate of drug-likeness (QED) is 0.869. The van der Waals surface area contributed by atoms with Crippen LogP contribution in [0.5, 0.6) is 0 Å². The zero-order valence-corrected chi connectivity index (χ0v) is 13.6. The zero-order valence-electron chi connectivity index (χ0n) is 13.6. The van der Waals surface area contributed by atoms with Crippen LogP contribution < -0.4 is 5.32 Å². The van der Waals surface area contributed by atoms with Crippen LogP contribution in [0.1, 0.15) is 18.4 Å². The Hall–Kier alpha value is -2.31. The summed E-state index contributed by atoms with van der Waals surface area (Å²) in [6.45, 7) is 1.88. The van der Waals surface area contributed by atoms with Crippen LogP contribution >= 0.6 is 0 Å².